The number of carbonyl (C=O) groups excluding carboxylic acids is 1. The molecule has 2 nitrogen and oxygen atoms in total. The van der Waals surface area contributed by atoms with Gasteiger partial charge in [-0.2, -0.15) is 0 Å². The van der Waals surface area contributed by atoms with Crippen molar-refractivity contribution >= 4 is 5.78 Å². The molecular weight excluding hydrogens is 234 g/mol. The van der Waals surface area contributed by atoms with Crippen LogP contribution < -0.4 is 0 Å². The fourth-order valence-corrected chi connectivity index (χ4v) is 3.15. The number of ketones is 1. The van der Waals surface area contributed by atoms with Crippen LogP contribution in [0.15, 0.2) is 30.3 Å². The van der Waals surface area contributed by atoms with Gasteiger partial charge in [-0.25, -0.2) is 0 Å². The van der Waals surface area contributed by atoms with E-state index in [4.69, 9.17) is 0 Å². The van der Waals surface area contributed by atoms with Gasteiger partial charge < -0.3 is 4.98 Å². The third-order valence-corrected chi connectivity index (χ3v) is 3.93. The molecule has 98 valence electrons. The number of H-pyrrole nitrogens is 1. The molecular formula is C17H19NO. The highest BCUT2D eigenvalue weighted by Gasteiger charge is 2.34. The van der Waals surface area contributed by atoms with Gasteiger partial charge in [0.2, 0.25) is 0 Å². The Morgan fingerprint density at radius 1 is 1.11 bits per heavy atom. The number of carbonyl (C=O) groups is 1. The predicted molar refractivity (Wildman–Crippen MR) is 77.4 cm³/mol. The number of aromatic amines is 1. The standard InChI is InChI=1S/C17H19NO/c1-11-15-13(9-17(2,3)10-14(15)19)16(18-11)12-7-5-4-6-8-12/h4-8,18H,9-10H2,1-3H3. The highest BCUT2D eigenvalue weighted by Crippen LogP contribution is 2.40. The maximum atomic E-state index is 12.3. The second kappa shape index (κ2) is 4.09. The minimum absolute atomic E-state index is 0.0578. The van der Waals surface area contributed by atoms with Crippen LogP contribution in [0.2, 0.25) is 0 Å². The molecule has 0 saturated heterocycles. The number of fused-ring (bicyclic) bond motifs is 1. The zero-order chi connectivity index (χ0) is 13.6. The van der Waals surface area contributed by atoms with Crippen LogP contribution in [0.4, 0.5) is 0 Å². The van der Waals surface area contributed by atoms with Crippen molar-refractivity contribution in [1.29, 1.82) is 0 Å². The molecule has 0 spiro atoms. The lowest BCUT2D eigenvalue weighted by Gasteiger charge is -2.29. The van der Waals surface area contributed by atoms with E-state index in [1.54, 1.807) is 0 Å². The summed E-state index contributed by atoms with van der Waals surface area (Å²) in [6, 6.07) is 10.3. The Bertz CT molecular complexity index is 635. The third kappa shape index (κ3) is 2.01. The van der Waals surface area contributed by atoms with E-state index in [1.807, 2.05) is 25.1 Å². The van der Waals surface area contributed by atoms with Gasteiger partial charge in [-0.05, 0) is 29.9 Å². The van der Waals surface area contributed by atoms with Crippen LogP contribution in [0, 0.1) is 12.3 Å². The Morgan fingerprint density at radius 2 is 1.79 bits per heavy atom. The lowest BCUT2D eigenvalue weighted by Crippen LogP contribution is -2.26. The minimum atomic E-state index is 0.0578. The van der Waals surface area contributed by atoms with Gasteiger partial charge in [-0.15, -0.1) is 0 Å². The number of rotatable bonds is 1. The molecule has 0 unspecified atom stereocenters. The molecule has 1 aromatic carbocycles. The predicted octanol–water partition coefficient (Wildman–Crippen LogP) is 4.15. The lowest BCUT2D eigenvalue weighted by atomic mass is 9.73. The fraction of sp³-hybridized carbons (Fsp3) is 0.353. The molecule has 1 N–H and O–H groups in total. The summed E-state index contributed by atoms with van der Waals surface area (Å²) in [5.41, 5.74) is 5.48. The molecule has 2 heteroatoms. The first-order valence-corrected chi connectivity index (χ1v) is 6.78. The van der Waals surface area contributed by atoms with Gasteiger partial charge in [0.15, 0.2) is 5.78 Å². The number of benzene rings is 1. The second-order valence-corrected chi connectivity index (χ2v) is 6.29. The van der Waals surface area contributed by atoms with Crippen LogP contribution in [-0.4, -0.2) is 10.8 Å². The maximum Gasteiger partial charge on any atom is 0.165 e. The van der Waals surface area contributed by atoms with Crippen LogP contribution in [0.3, 0.4) is 0 Å². The van der Waals surface area contributed by atoms with Crippen molar-refractivity contribution in [2.75, 3.05) is 0 Å². The van der Waals surface area contributed by atoms with Crippen molar-refractivity contribution in [3.63, 3.8) is 0 Å². The number of aryl methyl sites for hydroxylation is 1. The zero-order valence-electron chi connectivity index (χ0n) is 11.7. The van der Waals surface area contributed by atoms with Gasteiger partial charge in [-0.3, -0.25) is 4.79 Å². The molecule has 2 aromatic rings. The Morgan fingerprint density at radius 3 is 2.47 bits per heavy atom. The van der Waals surface area contributed by atoms with Crippen LogP contribution >= 0.6 is 0 Å². The first kappa shape index (κ1) is 12.2. The summed E-state index contributed by atoms with van der Waals surface area (Å²) in [6.07, 6.45) is 1.61. The van der Waals surface area contributed by atoms with Crippen molar-refractivity contribution in [1.82, 2.24) is 4.98 Å². The number of hydrogen-bond donors (Lipinski definition) is 1. The van der Waals surface area contributed by atoms with Crippen molar-refractivity contribution in [2.24, 2.45) is 5.41 Å². The summed E-state index contributed by atoms with van der Waals surface area (Å²) in [4.78, 5) is 15.8. The summed E-state index contributed by atoms with van der Waals surface area (Å²) < 4.78 is 0. The Hall–Kier alpha value is -1.83. The molecule has 19 heavy (non-hydrogen) atoms. The third-order valence-electron chi connectivity index (χ3n) is 3.93. The Kier molecular flexibility index (Phi) is 2.63. The first-order chi connectivity index (χ1) is 8.98. The van der Waals surface area contributed by atoms with Crippen LogP contribution in [0.25, 0.3) is 11.3 Å². The van der Waals surface area contributed by atoms with E-state index in [2.05, 4.69) is 31.0 Å². The molecule has 0 fully saturated rings. The SMILES string of the molecule is Cc1[nH]c(-c2ccccc2)c2c1C(=O)CC(C)(C)C2. The Labute approximate surface area is 113 Å². The monoisotopic (exact) mass is 253 g/mol. The van der Waals surface area contributed by atoms with Crippen molar-refractivity contribution in [3.8, 4) is 11.3 Å². The fourth-order valence-electron chi connectivity index (χ4n) is 3.15. The van der Waals surface area contributed by atoms with E-state index < -0.39 is 0 Å². The largest absolute Gasteiger partial charge is 0.358 e. The molecule has 1 aliphatic carbocycles. The molecule has 0 aliphatic heterocycles. The summed E-state index contributed by atoms with van der Waals surface area (Å²) in [6.45, 7) is 6.34. The number of nitrogens with one attached hydrogen (secondary N) is 1. The quantitative estimate of drug-likeness (QED) is 0.813. The van der Waals surface area contributed by atoms with Gasteiger partial charge >= 0.3 is 0 Å². The number of Topliss-reactive ketones (excluding diaryl/α,β-unsaturated/α-hetero) is 1. The van der Waals surface area contributed by atoms with Gasteiger partial charge in [-0.1, -0.05) is 44.2 Å². The molecule has 3 rings (SSSR count). The smallest absolute Gasteiger partial charge is 0.165 e. The van der Waals surface area contributed by atoms with Crippen molar-refractivity contribution < 1.29 is 4.79 Å². The molecule has 1 heterocycles. The Balaban J connectivity index is 2.20. The molecule has 0 atom stereocenters. The van der Waals surface area contributed by atoms with E-state index >= 15 is 0 Å². The topological polar surface area (TPSA) is 32.9 Å². The zero-order valence-corrected chi connectivity index (χ0v) is 11.7. The van der Waals surface area contributed by atoms with Crippen LogP contribution in [-0.2, 0) is 6.42 Å². The average Bonchev–Trinajstić information content (AvgIpc) is 2.66. The summed E-state index contributed by atoms with van der Waals surface area (Å²) >= 11 is 0. The lowest BCUT2D eigenvalue weighted by molar-refractivity contribution is 0.0912. The second-order valence-electron chi connectivity index (χ2n) is 6.29. The van der Waals surface area contributed by atoms with Gasteiger partial charge in [0.05, 0.1) is 0 Å². The molecule has 0 bridgehead atoms. The van der Waals surface area contributed by atoms with Crippen molar-refractivity contribution in [3.05, 3.63) is 47.2 Å². The number of aromatic nitrogens is 1. The molecule has 0 saturated carbocycles. The summed E-state index contributed by atoms with van der Waals surface area (Å²) in [5.74, 6) is 0.280. The van der Waals surface area contributed by atoms with Crippen molar-refractivity contribution in [2.45, 2.75) is 33.6 Å². The molecule has 1 aliphatic rings. The highest BCUT2D eigenvalue weighted by molar-refractivity contribution is 6.02. The molecule has 0 amide bonds. The molecule has 1 aromatic heterocycles. The summed E-state index contributed by atoms with van der Waals surface area (Å²) in [5, 5.41) is 0. The normalized spacial score (nSPS) is 17.3. The van der Waals surface area contributed by atoms with Gasteiger partial charge in [0.25, 0.3) is 0 Å². The van der Waals surface area contributed by atoms with Crippen LogP contribution in [0.5, 0.6) is 0 Å². The average molecular weight is 253 g/mol. The van der Waals surface area contributed by atoms with Crippen LogP contribution in [0.1, 0.15) is 41.9 Å². The molecule has 0 radical (unpaired) electrons. The van der Waals surface area contributed by atoms with Gasteiger partial charge in [0, 0.05) is 23.4 Å². The first-order valence-electron chi connectivity index (χ1n) is 6.78. The van der Waals surface area contributed by atoms with Gasteiger partial charge in [0.1, 0.15) is 0 Å². The van der Waals surface area contributed by atoms with E-state index in [0.29, 0.717) is 6.42 Å². The highest BCUT2D eigenvalue weighted by atomic mass is 16.1. The van der Waals surface area contributed by atoms with E-state index in [0.717, 1.165) is 28.9 Å². The van der Waals surface area contributed by atoms with E-state index in [9.17, 15) is 4.79 Å². The number of hydrogen-bond acceptors (Lipinski definition) is 1. The van der Waals surface area contributed by atoms with E-state index in [1.165, 1.54) is 5.56 Å². The minimum Gasteiger partial charge on any atom is -0.358 e. The maximum absolute atomic E-state index is 12.3. The summed E-state index contributed by atoms with van der Waals surface area (Å²) in [7, 11) is 0. The van der Waals surface area contributed by atoms with E-state index in [-0.39, 0.29) is 11.2 Å².